The summed E-state index contributed by atoms with van der Waals surface area (Å²) in [6, 6.07) is 10.9. The predicted molar refractivity (Wildman–Crippen MR) is 98.4 cm³/mol. The predicted octanol–water partition coefficient (Wildman–Crippen LogP) is 2.13. The van der Waals surface area contributed by atoms with E-state index in [1.165, 1.54) is 0 Å². The molecular formula is C17H15ClN8O. The van der Waals surface area contributed by atoms with Gasteiger partial charge in [-0.2, -0.15) is 10.2 Å². The van der Waals surface area contributed by atoms with Crippen LogP contribution in [0.1, 0.15) is 16.1 Å². The number of carbonyl (C=O) groups is 1. The van der Waals surface area contributed by atoms with Crippen molar-refractivity contribution in [2.24, 2.45) is 0 Å². The van der Waals surface area contributed by atoms with Crippen LogP contribution < -0.4 is 5.32 Å². The molecule has 1 aromatic carbocycles. The van der Waals surface area contributed by atoms with Gasteiger partial charge in [0, 0.05) is 23.6 Å². The van der Waals surface area contributed by atoms with Gasteiger partial charge in [-0.15, -0.1) is 5.10 Å². The molecule has 0 fully saturated rings. The molecule has 3 heterocycles. The summed E-state index contributed by atoms with van der Waals surface area (Å²) in [6.07, 6.45) is 6.76. The molecule has 4 rings (SSSR count). The minimum absolute atomic E-state index is 0.212. The van der Waals surface area contributed by atoms with E-state index in [0.717, 1.165) is 5.56 Å². The highest BCUT2D eigenvalue weighted by Gasteiger charge is 2.12. The Labute approximate surface area is 159 Å². The zero-order chi connectivity index (χ0) is 18.6. The number of nitrogens with one attached hydrogen (secondary N) is 1. The lowest BCUT2D eigenvalue weighted by Crippen LogP contribution is -2.16. The van der Waals surface area contributed by atoms with Crippen LogP contribution in [0.15, 0.2) is 61.3 Å². The van der Waals surface area contributed by atoms with Crippen LogP contribution in [0.5, 0.6) is 0 Å². The number of halogens is 1. The van der Waals surface area contributed by atoms with E-state index in [1.54, 1.807) is 38.8 Å². The molecule has 0 radical (unpaired) electrons. The van der Waals surface area contributed by atoms with Crippen LogP contribution >= 0.6 is 11.6 Å². The molecule has 0 bridgehead atoms. The molecule has 1 N–H and O–H groups in total. The number of carbonyl (C=O) groups excluding carboxylic acids is 1. The Morgan fingerprint density at radius 2 is 2.00 bits per heavy atom. The number of hydrogen-bond donors (Lipinski definition) is 1. The number of hydrogen-bond acceptors (Lipinski definition) is 5. The van der Waals surface area contributed by atoms with Gasteiger partial charge in [0.25, 0.3) is 5.91 Å². The van der Waals surface area contributed by atoms with E-state index >= 15 is 0 Å². The van der Waals surface area contributed by atoms with Crippen LogP contribution in [0, 0.1) is 0 Å². The number of rotatable bonds is 6. The van der Waals surface area contributed by atoms with Gasteiger partial charge >= 0.3 is 0 Å². The topological polar surface area (TPSA) is 95.5 Å². The number of amides is 1. The summed E-state index contributed by atoms with van der Waals surface area (Å²) in [5, 5.41) is 15.9. The second kappa shape index (κ2) is 7.42. The molecule has 0 saturated carbocycles. The molecule has 0 spiro atoms. The third-order valence-electron chi connectivity index (χ3n) is 3.72. The summed E-state index contributed by atoms with van der Waals surface area (Å²) in [4.78, 5) is 16.4. The van der Waals surface area contributed by atoms with Crippen molar-refractivity contribution in [2.45, 2.75) is 13.2 Å². The van der Waals surface area contributed by atoms with Crippen LogP contribution in [0.25, 0.3) is 0 Å². The zero-order valence-corrected chi connectivity index (χ0v) is 14.9. The first-order chi connectivity index (χ1) is 13.2. The maximum absolute atomic E-state index is 12.3. The lowest BCUT2D eigenvalue weighted by Gasteiger charge is -2.02. The summed E-state index contributed by atoms with van der Waals surface area (Å²) in [6.45, 7) is 0.925. The van der Waals surface area contributed by atoms with Gasteiger partial charge in [0.1, 0.15) is 13.0 Å². The highest BCUT2D eigenvalue weighted by atomic mass is 35.5. The molecule has 27 heavy (non-hydrogen) atoms. The standard InChI is InChI=1S/C17H15ClN8O/c18-14-4-1-3-13(9-14)10-26-11-19-17(23-26)21-16(27)15-5-8-25(22-15)12-24-7-2-6-20-24/h1-9,11H,10,12H2,(H,21,23,27). The fourth-order valence-electron chi connectivity index (χ4n) is 2.51. The molecule has 0 unspecified atom stereocenters. The summed E-state index contributed by atoms with van der Waals surface area (Å²) in [7, 11) is 0. The van der Waals surface area contributed by atoms with Crippen LogP contribution in [0.4, 0.5) is 5.95 Å². The van der Waals surface area contributed by atoms with Gasteiger partial charge in [-0.1, -0.05) is 23.7 Å². The Morgan fingerprint density at radius 3 is 2.81 bits per heavy atom. The van der Waals surface area contributed by atoms with Gasteiger partial charge in [0.2, 0.25) is 5.95 Å². The van der Waals surface area contributed by atoms with Gasteiger partial charge in [-0.25, -0.2) is 9.67 Å². The highest BCUT2D eigenvalue weighted by Crippen LogP contribution is 2.12. The Bertz CT molecular complexity index is 1050. The van der Waals surface area contributed by atoms with E-state index in [1.807, 2.05) is 36.5 Å². The first-order valence-electron chi connectivity index (χ1n) is 8.12. The third kappa shape index (κ3) is 4.21. The lowest BCUT2D eigenvalue weighted by molar-refractivity contribution is 0.102. The van der Waals surface area contributed by atoms with E-state index in [2.05, 4.69) is 25.6 Å². The van der Waals surface area contributed by atoms with Gasteiger partial charge in [0.05, 0.1) is 6.54 Å². The van der Waals surface area contributed by atoms with Gasteiger partial charge in [-0.3, -0.25) is 19.5 Å². The van der Waals surface area contributed by atoms with Crippen molar-refractivity contribution >= 4 is 23.5 Å². The molecule has 3 aromatic heterocycles. The van der Waals surface area contributed by atoms with E-state index < -0.39 is 0 Å². The molecule has 0 saturated heterocycles. The number of aromatic nitrogens is 7. The van der Waals surface area contributed by atoms with Crippen molar-refractivity contribution in [2.75, 3.05) is 5.32 Å². The van der Waals surface area contributed by atoms with Gasteiger partial charge in [0.15, 0.2) is 5.69 Å². The van der Waals surface area contributed by atoms with Crippen molar-refractivity contribution < 1.29 is 4.79 Å². The maximum atomic E-state index is 12.3. The van der Waals surface area contributed by atoms with E-state index in [9.17, 15) is 4.79 Å². The summed E-state index contributed by atoms with van der Waals surface area (Å²) < 4.78 is 4.94. The van der Waals surface area contributed by atoms with Crippen LogP contribution in [-0.4, -0.2) is 40.2 Å². The Hall–Kier alpha value is -3.46. The van der Waals surface area contributed by atoms with E-state index in [0.29, 0.717) is 18.2 Å². The fourth-order valence-corrected chi connectivity index (χ4v) is 2.72. The Morgan fingerprint density at radius 1 is 1.07 bits per heavy atom. The fraction of sp³-hybridized carbons (Fsp3) is 0.118. The van der Waals surface area contributed by atoms with E-state index in [-0.39, 0.29) is 17.5 Å². The van der Waals surface area contributed by atoms with Crippen molar-refractivity contribution in [1.29, 1.82) is 0 Å². The van der Waals surface area contributed by atoms with Crippen molar-refractivity contribution in [1.82, 2.24) is 34.3 Å². The average molecular weight is 383 g/mol. The molecule has 1 amide bonds. The molecule has 0 atom stereocenters. The highest BCUT2D eigenvalue weighted by molar-refractivity contribution is 6.30. The SMILES string of the molecule is O=C(Nc1ncn(Cc2cccc(Cl)c2)n1)c1ccn(Cn2cccn2)n1. The molecule has 10 heteroatoms. The van der Waals surface area contributed by atoms with Gasteiger partial charge < -0.3 is 0 Å². The normalized spacial score (nSPS) is 10.9. The summed E-state index contributed by atoms with van der Waals surface area (Å²) >= 11 is 5.98. The quantitative estimate of drug-likeness (QED) is 0.551. The first kappa shape index (κ1) is 17.0. The first-order valence-corrected chi connectivity index (χ1v) is 8.50. The molecule has 4 aromatic rings. The molecule has 0 aliphatic carbocycles. The minimum Gasteiger partial charge on any atom is -0.288 e. The van der Waals surface area contributed by atoms with Crippen molar-refractivity contribution in [3.05, 3.63) is 77.6 Å². The molecule has 136 valence electrons. The monoisotopic (exact) mass is 382 g/mol. The molecular weight excluding hydrogens is 368 g/mol. The van der Waals surface area contributed by atoms with Crippen LogP contribution in [0.2, 0.25) is 5.02 Å². The van der Waals surface area contributed by atoms with Gasteiger partial charge in [-0.05, 0) is 29.8 Å². The maximum Gasteiger partial charge on any atom is 0.278 e. The summed E-state index contributed by atoms with van der Waals surface area (Å²) in [5.41, 5.74) is 1.26. The number of nitrogens with zero attached hydrogens (tertiary/aromatic N) is 7. The van der Waals surface area contributed by atoms with Crippen molar-refractivity contribution in [3.63, 3.8) is 0 Å². The smallest absolute Gasteiger partial charge is 0.278 e. The number of anilines is 1. The lowest BCUT2D eigenvalue weighted by atomic mass is 10.2. The molecule has 9 nitrogen and oxygen atoms in total. The number of benzene rings is 1. The average Bonchev–Trinajstić information content (AvgIpc) is 3.38. The Balaban J connectivity index is 1.38. The largest absolute Gasteiger partial charge is 0.288 e. The Kier molecular flexibility index (Phi) is 4.67. The summed E-state index contributed by atoms with van der Waals surface area (Å²) in [5.74, 6) is -0.168. The zero-order valence-electron chi connectivity index (χ0n) is 14.1. The third-order valence-corrected chi connectivity index (χ3v) is 3.95. The van der Waals surface area contributed by atoms with Crippen LogP contribution in [0.3, 0.4) is 0 Å². The molecule has 0 aliphatic rings. The van der Waals surface area contributed by atoms with E-state index in [4.69, 9.17) is 11.6 Å². The second-order valence-electron chi connectivity index (χ2n) is 5.78. The van der Waals surface area contributed by atoms with Crippen molar-refractivity contribution in [3.8, 4) is 0 Å². The van der Waals surface area contributed by atoms with Crippen LogP contribution in [-0.2, 0) is 13.2 Å². The minimum atomic E-state index is -0.380. The second-order valence-corrected chi connectivity index (χ2v) is 6.21. The molecule has 0 aliphatic heterocycles.